The normalized spacial score (nSPS) is 18.1. The second kappa shape index (κ2) is 7.92. The van der Waals surface area contributed by atoms with E-state index < -0.39 is 0 Å². The van der Waals surface area contributed by atoms with Gasteiger partial charge in [0.2, 0.25) is 5.91 Å². The van der Waals surface area contributed by atoms with E-state index in [0.29, 0.717) is 12.3 Å². The number of rotatable bonds is 6. The number of nitrogens with zero attached hydrogens (tertiary/aromatic N) is 4. The highest BCUT2D eigenvalue weighted by atomic mass is 32.1. The molecule has 0 aliphatic carbocycles. The fraction of sp³-hybridized carbons (Fsp3) is 0.611. The van der Waals surface area contributed by atoms with Crippen molar-refractivity contribution in [2.75, 3.05) is 13.1 Å². The second-order valence-electron chi connectivity index (χ2n) is 6.48. The van der Waals surface area contributed by atoms with Crippen LogP contribution in [0.25, 0.3) is 0 Å². The molecule has 5 nitrogen and oxygen atoms in total. The maximum Gasteiger partial charge on any atom is 0.222 e. The first kappa shape index (κ1) is 17.1. The third kappa shape index (κ3) is 4.04. The molecule has 0 aromatic carbocycles. The van der Waals surface area contributed by atoms with E-state index in [-0.39, 0.29) is 5.91 Å². The molecule has 1 atom stereocenters. The molecule has 1 fully saturated rings. The molecule has 0 radical (unpaired) electrons. The quantitative estimate of drug-likeness (QED) is 0.805. The number of thiazole rings is 1. The van der Waals surface area contributed by atoms with Gasteiger partial charge in [0.25, 0.3) is 0 Å². The number of carbonyl (C=O) groups excluding carboxylic acids is 1. The Morgan fingerprint density at radius 2 is 2.33 bits per heavy atom. The minimum Gasteiger partial charge on any atom is -0.342 e. The molecule has 130 valence electrons. The Bertz CT molecular complexity index is 678. The lowest BCUT2D eigenvalue weighted by Crippen LogP contribution is -2.39. The molecule has 6 heteroatoms. The van der Waals surface area contributed by atoms with Crippen molar-refractivity contribution >= 4 is 17.2 Å². The van der Waals surface area contributed by atoms with E-state index in [1.54, 1.807) is 11.3 Å². The number of carbonyl (C=O) groups is 1. The summed E-state index contributed by atoms with van der Waals surface area (Å²) in [7, 11) is 0. The zero-order chi connectivity index (χ0) is 16.9. The second-order valence-corrected chi connectivity index (χ2v) is 7.37. The van der Waals surface area contributed by atoms with Gasteiger partial charge in [-0.25, -0.2) is 9.97 Å². The first-order chi connectivity index (χ1) is 11.7. The highest BCUT2D eigenvalue weighted by molar-refractivity contribution is 7.09. The van der Waals surface area contributed by atoms with Gasteiger partial charge in [0.1, 0.15) is 5.82 Å². The highest BCUT2D eigenvalue weighted by Gasteiger charge is 2.26. The van der Waals surface area contributed by atoms with Crippen molar-refractivity contribution in [1.82, 2.24) is 19.4 Å². The molecule has 3 heterocycles. The first-order valence-corrected chi connectivity index (χ1v) is 9.75. The van der Waals surface area contributed by atoms with Gasteiger partial charge in [0, 0.05) is 49.7 Å². The fourth-order valence-electron chi connectivity index (χ4n) is 3.28. The third-order valence-electron chi connectivity index (χ3n) is 4.77. The maximum atomic E-state index is 12.5. The Balaban J connectivity index is 1.50. The molecule has 24 heavy (non-hydrogen) atoms. The van der Waals surface area contributed by atoms with Gasteiger partial charge in [0.05, 0.1) is 10.7 Å². The molecule has 0 bridgehead atoms. The van der Waals surface area contributed by atoms with Crippen LogP contribution in [-0.2, 0) is 17.8 Å². The summed E-state index contributed by atoms with van der Waals surface area (Å²) in [5.41, 5.74) is 1.18. The van der Waals surface area contributed by atoms with E-state index >= 15 is 0 Å². The largest absolute Gasteiger partial charge is 0.342 e. The van der Waals surface area contributed by atoms with Crippen molar-refractivity contribution in [2.24, 2.45) is 0 Å². The fourth-order valence-corrected chi connectivity index (χ4v) is 4.31. The minimum absolute atomic E-state index is 0.282. The van der Waals surface area contributed by atoms with E-state index in [2.05, 4.69) is 21.9 Å². The van der Waals surface area contributed by atoms with E-state index in [1.807, 2.05) is 24.2 Å². The summed E-state index contributed by atoms with van der Waals surface area (Å²) in [4.78, 5) is 23.5. The van der Waals surface area contributed by atoms with Crippen LogP contribution in [0.5, 0.6) is 0 Å². The zero-order valence-electron chi connectivity index (χ0n) is 14.6. The molecule has 3 rings (SSSR count). The SMILES string of the molecule is CCc1csc(C2CCCN(C(=O)CCCn3ccnc3C)C2)n1. The summed E-state index contributed by atoms with van der Waals surface area (Å²) in [6, 6.07) is 0. The van der Waals surface area contributed by atoms with Gasteiger partial charge >= 0.3 is 0 Å². The van der Waals surface area contributed by atoms with Gasteiger partial charge in [-0.05, 0) is 32.6 Å². The van der Waals surface area contributed by atoms with Crippen LogP contribution in [0.2, 0.25) is 0 Å². The number of piperidine rings is 1. The van der Waals surface area contributed by atoms with Crippen molar-refractivity contribution < 1.29 is 4.79 Å². The predicted molar refractivity (Wildman–Crippen MR) is 96.2 cm³/mol. The minimum atomic E-state index is 0.282. The molecule has 1 saturated heterocycles. The highest BCUT2D eigenvalue weighted by Crippen LogP contribution is 2.29. The van der Waals surface area contributed by atoms with Gasteiger partial charge in [-0.3, -0.25) is 4.79 Å². The molecule has 2 aromatic heterocycles. The van der Waals surface area contributed by atoms with Crippen molar-refractivity contribution in [1.29, 1.82) is 0 Å². The molecule has 1 amide bonds. The van der Waals surface area contributed by atoms with Gasteiger partial charge in [-0.15, -0.1) is 11.3 Å². The number of aryl methyl sites for hydroxylation is 3. The molecular formula is C18H26N4OS. The Morgan fingerprint density at radius 3 is 3.04 bits per heavy atom. The lowest BCUT2D eigenvalue weighted by Gasteiger charge is -2.32. The standard InChI is InChI=1S/C18H26N4OS/c1-3-16-13-24-18(20-16)15-6-4-10-22(12-15)17(23)7-5-9-21-11-8-19-14(21)2/h8,11,13,15H,3-7,9-10,12H2,1-2H3. The molecule has 2 aromatic rings. The third-order valence-corrected chi connectivity index (χ3v) is 5.82. The van der Waals surface area contributed by atoms with E-state index in [0.717, 1.165) is 51.1 Å². The van der Waals surface area contributed by atoms with E-state index in [9.17, 15) is 4.79 Å². The van der Waals surface area contributed by atoms with Crippen LogP contribution >= 0.6 is 11.3 Å². The average molecular weight is 346 g/mol. The molecule has 0 spiro atoms. The Hall–Kier alpha value is -1.69. The molecule has 0 saturated carbocycles. The number of likely N-dealkylation sites (tertiary alicyclic amines) is 1. The van der Waals surface area contributed by atoms with Crippen LogP contribution in [0.4, 0.5) is 0 Å². The van der Waals surface area contributed by atoms with Crippen LogP contribution in [0.15, 0.2) is 17.8 Å². The van der Waals surface area contributed by atoms with E-state index in [1.165, 1.54) is 10.7 Å². The summed E-state index contributed by atoms with van der Waals surface area (Å²) in [5.74, 6) is 1.71. The van der Waals surface area contributed by atoms with E-state index in [4.69, 9.17) is 4.98 Å². The lowest BCUT2D eigenvalue weighted by molar-refractivity contribution is -0.132. The number of imidazole rings is 1. The van der Waals surface area contributed by atoms with Crippen LogP contribution in [0.1, 0.15) is 55.1 Å². The number of hydrogen-bond donors (Lipinski definition) is 0. The zero-order valence-corrected chi connectivity index (χ0v) is 15.4. The van der Waals surface area contributed by atoms with Crippen molar-refractivity contribution in [2.45, 2.75) is 58.4 Å². The van der Waals surface area contributed by atoms with Gasteiger partial charge in [0.15, 0.2) is 0 Å². The first-order valence-electron chi connectivity index (χ1n) is 8.87. The van der Waals surface area contributed by atoms with Crippen LogP contribution < -0.4 is 0 Å². The Labute approximate surface area is 147 Å². The topological polar surface area (TPSA) is 51.0 Å². The summed E-state index contributed by atoms with van der Waals surface area (Å²) in [5, 5.41) is 3.36. The van der Waals surface area contributed by atoms with Crippen LogP contribution in [0.3, 0.4) is 0 Å². The van der Waals surface area contributed by atoms with Crippen molar-refractivity contribution in [3.05, 3.63) is 34.3 Å². The van der Waals surface area contributed by atoms with Crippen LogP contribution in [0, 0.1) is 6.92 Å². The molecular weight excluding hydrogens is 320 g/mol. The number of amides is 1. The maximum absolute atomic E-state index is 12.5. The summed E-state index contributed by atoms with van der Waals surface area (Å²) in [6.07, 6.45) is 8.48. The number of aromatic nitrogens is 3. The van der Waals surface area contributed by atoms with Crippen molar-refractivity contribution in [3.63, 3.8) is 0 Å². The van der Waals surface area contributed by atoms with Crippen molar-refractivity contribution in [3.8, 4) is 0 Å². The predicted octanol–water partition coefficient (Wildman–Crippen LogP) is 3.40. The monoisotopic (exact) mass is 346 g/mol. The number of hydrogen-bond acceptors (Lipinski definition) is 4. The van der Waals surface area contributed by atoms with Gasteiger partial charge in [-0.1, -0.05) is 6.92 Å². The summed E-state index contributed by atoms with van der Waals surface area (Å²) >= 11 is 1.75. The van der Waals surface area contributed by atoms with Crippen LogP contribution in [-0.4, -0.2) is 38.4 Å². The summed E-state index contributed by atoms with van der Waals surface area (Å²) in [6.45, 7) is 6.72. The van der Waals surface area contributed by atoms with Gasteiger partial charge in [-0.2, -0.15) is 0 Å². The lowest BCUT2D eigenvalue weighted by atomic mass is 9.98. The average Bonchev–Trinajstić information content (AvgIpc) is 3.24. The Kier molecular flexibility index (Phi) is 5.66. The molecule has 1 aliphatic rings. The molecule has 0 N–H and O–H groups in total. The summed E-state index contributed by atoms with van der Waals surface area (Å²) < 4.78 is 2.11. The van der Waals surface area contributed by atoms with Gasteiger partial charge < -0.3 is 9.47 Å². The molecule has 1 aliphatic heterocycles. The Morgan fingerprint density at radius 1 is 1.46 bits per heavy atom. The molecule has 1 unspecified atom stereocenters. The smallest absolute Gasteiger partial charge is 0.222 e.